The molecule has 0 atom stereocenters. The number of nitrogens with one attached hydrogen (secondary N) is 1. The van der Waals surface area contributed by atoms with Crippen molar-refractivity contribution in [1.82, 2.24) is 5.32 Å². The highest BCUT2D eigenvalue weighted by atomic mass is 32.2. The first-order valence-electron chi connectivity index (χ1n) is 6.19. The number of amides is 1. The Hall–Kier alpha value is -0.710. The topological polar surface area (TPSA) is 67.5 Å². The molecule has 1 saturated carbocycles. The molecule has 3 N–H and O–H groups in total. The molecule has 1 heterocycles. The molecular formula is C12H21N3OS. The molecule has 0 aromatic heterocycles. The zero-order chi connectivity index (χ0) is 12.5. The van der Waals surface area contributed by atoms with Crippen LogP contribution in [0.15, 0.2) is 4.99 Å². The average Bonchev–Trinajstić information content (AvgIpc) is 2.70. The molecule has 1 spiro atoms. The molecule has 1 fully saturated rings. The highest BCUT2D eigenvalue weighted by Gasteiger charge is 2.37. The van der Waals surface area contributed by atoms with Crippen molar-refractivity contribution in [3.63, 3.8) is 0 Å². The van der Waals surface area contributed by atoms with Crippen LogP contribution in [0, 0.1) is 5.41 Å². The molecule has 17 heavy (non-hydrogen) atoms. The number of thioether (sulfide) groups is 1. The van der Waals surface area contributed by atoms with Crippen LogP contribution in [0.2, 0.25) is 0 Å². The van der Waals surface area contributed by atoms with Crippen LogP contribution in [0.25, 0.3) is 0 Å². The van der Waals surface area contributed by atoms with Gasteiger partial charge in [-0.15, -0.1) is 0 Å². The number of rotatable bonds is 2. The zero-order valence-corrected chi connectivity index (χ0v) is 11.4. The van der Waals surface area contributed by atoms with E-state index in [1.807, 2.05) is 0 Å². The van der Waals surface area contributed by atoms with Crippen molar-refractivity contribution in [3.05, 3.63) is 0 Å². The lowest BCUT2D eigenvalue weighted by atomic mass is 9.89. The Kier molecular flexibility index (Phi) is 3.39. The van der Waals surface area contributed by atoms with E-state index >= 15 is 0 Å². The van der Waals surface area contributed by atoms with E-state index in [0.717, 1.165) is 17.5 Å². The summed E-state index contributed by atoms with van der Waals surface area (Å²) in [5, 5.41) is 4.01. The number of nitrogens with two attached hydrogens (primary N) is 1. The second-order valence-electron chi connectivity index (χ2n) is 5.73. The van der Waals surface area contributed by atoms with Crippen molar-refractivity contribution in [2.24, 2.45) is 16.1 Å². The maximum absolute atomic E-state index is 11.2. The third kappa shape index (κ3) is 2.76. The molecule has 2 aliphatic rings. The van der Waals surface area contributed by atoms with Crippen LogP contribution in [-0.2, 0) is 4.79 Å². The van der Waals surface area contributed by atoms with E-state index in [9.17, 15) is 4.79 Å². The zero-order valence-electron chi connectivity index (χ0n) is 10.6. The lowest BCUT2D eigenvalue weighted by Gasteiger charge is -2.33. The Labute approximate surface area is 107 Å². The van der Waals surface area contributed by atoms with Crippen molar-refractivity contribution in [3.8, 4) is 0 Å². The Bertz CT molecular complexity index is 346. The van der Waals surface area contributed by atoms with Gasteiger partial charge in [0, 0.05) is 12.3 Å². The molecule has 0 saturated heterocycles. The van der Waals surface area contributed by atoms with Gasteiger partial charge >= 0.3 is 0 Å². The van der Waals surface area contributed by atoms with Crippen LogP contribution in [-0.4, -0.2) is 28.9 Å². The van der Waals surface area contributed by atoms with Crippen LogP contribution >= 0.6 is 11.8 Å². The molecule has 0 aromatic carbocycles. The maximum Gasteiger partial charge on any atom is 0.242 e. The van der Waals surface area contributed by atoms with E-state index in [-0.39, 0.29) is 5.91 Å². The maximum atomic E-state index is 11.2. The molecule has 0 radical (unpaired) electrons. The lowest BCUT2D eigenvalue weighted by Crippen LogP contribution is -2.53. The normalized spacial score (nSPS) is 23.5. The van der Waals surface area contributed by atoms with Crippen molar-refractivity contribution >= 4 is 22.8 Å². The van der Waals surface area contributed by atoms with Crippen LogP contribution < -0.4 is 11.1 Å². The minimum atomic E-state index is -0.716. The van der Waals surface area contributed by atoms with Crippen LogP contribution in [0.1, 0.15) is 39.5 Å². The quantitative estimate of drug-likeness (QED) is 0.786. The van der Waals surface area contributed by atoms with Gasteiger partial charge in [-0.2, -0.15) is 0 Å². The minimum absolute atomic E-state index is 0.345. The van der Waals surface area contributed by atoms with Gasteiger partial charge in [0.2, 0.25) is 5.91 Å². The lowest BCUT2D eigenvalue weighted by molar-refractivity contribution is -0.122. The first-order chi connectivity index (χ1) is 7.94. The Balaban J connectivity index is 1.97. The van der Waals surface area contributed by atoms with Gasteiger partial charge in [-0.1, -0.05) is 24.6 Å². The summed E-state index contributed by atoms with van der Waals surface area (Å²) in [6.07, 6.45) is 5.28. The second kappa shape index (κ2) is 4.52. The summed E-state index contributed by atoms with van der Waals surface area (Å²) < 4.78 is 0. The molecule has 1 amide bonds. The summed E-state index contributed by atoms with van der Waals surface area (Å²) in [5.74, 6) is 0.773. The van der Waals surface area contributed by atoms with Crippen LogP contribution in [0.5, 0.6) is 0 Å². The first kappa shape index (κ1) is 12.7. The predicted molar refractivity (Wildman–Crippen MR) is 72.1 cm³/mol. The van der Waals surface area contributed by atoms with Gasteiger partial charge in [-0.3, -0.25) is 9.79 Å². The molecule has 0 unspecified atom stereocenters. The van der Waals surface area contributed by atoms with E-state index in [4.69, 9.17) is 5.73 Å². The molecule has 2 rings (SSSR count). The fourth-order valence-electron chi connectivity index (χ4n) is 2.38. The number of primary amides is 1. The summed E-state index contributed by atoms with van der Waals surface area (Å²) in [6, 6.07) is 0. The number of aliphatic imine (C=N–C) groups is 1. The Morgan fingerprint density at radius 3 is 2.59 bits per heavy atom. The van der Waals surface area contributed by atoms with Crippen molar-refractivity contribution in [1.29, 1.82) is 0 Å². The number of hydrogen-bond donors (Lipinski definition) is 2. The van der Waals surface area contributed by atoms with Gasteiger partial charge in [-0.05, 0) is 32.1 Å². The van der Waals surface area contributed by atoms with Gasteiger partial charge in [-0.25, -0.2) is 0 Å². The summed E-state index contributed by atoms with van der Waals surface area (Å²) in [6.45, 7) is 4.48. The van der Waals surface area contributed by atoms with Crippen LogP contribution in [0.3, 0.4) is 0 Å². The SMILES string of the molecule is CC(C)(NC1=NCC2(CCCC2)CS1)C(N)=O. The van der Waals surface area contributed by atoms with E-state index < -0.39 is 5.54 Å². The smallest absolute Gasteiger partial charge is 0.242 e. The first-order valence-corrected chi connectivity index (χ1v) is 7.18. The molecule has 4 nitrogen and oxygen atoms in total. The van der Waals surface area contributed by atoms with E-state index in [1.165, 1.54) is 25.7 Å². The summed E-state index contributed by atoms with van der Waals surface area (Å²) in [4.78, 5) is 15.8. The van der Waals surface area contributed by atoms with Crippen molar-refractivity contribution in [2.75, 3.05) is 12.3 Å². The third-order valence-corrected chi connectivity index (χ3v) is 5.03. The monoisotopic (exact) mass is 255 g/mol. The fraction of sp³-hybridized carbons (Fsp3) is 0.833. The van der Waals surface area contributed by atoms with E-state index in [1.54, 1.807) is 25.6 Å². The molecule has 1 aliphatic heterocycles. The molecule has 96 valence electrons. The molecule has 1 aliphatic carbocycles. The largest absolute Gasteiger partial charge is 0.368 e. The Morgan fingerprint density at radius 1 is 1.47 bits per heavy atom. The second-order valence-corrected chi connectivity index (χ2v) is 6.70. The van der Waals surface area contributed by atoms with Gasteiger partial charge in [0.05, 0.1) is 0 Å². The average molecular weight is 255 g/mol. The van der Waals surface area contributed by atoms with Crippen molar-refractivity contribution in [2.45, 2.75) is 45.1 Å². The van der Waals surface area contributed by atoms with Crippen molar-refractivity contribution < 1.29 is 4.79 Å². The highest BCUT2D eigenvalue weighted by Crippen LogP contribution is 2.43. The van der Waals surface area contributed by atoms with Gasteiger partial charge in [0.1, 0.15) is 5.54 Å². The fourth-order valence-corrected chi connectivity index (χ4v) is 3.69. The van der Waals surface area contributed by atoms with Gasteiger partial charge in [0.15, 0.2) is 5.17 Å². The molecule has 5 heteroatoms. The third-order valence-electron chi connectivity index (χ3n) is 3.77. The number of carbonyl (C=O) groups excluding carboxylic acids is 1. The number of hydrogen-bond acceptors (Lipinski definition) is 4. The standard InChI is InChI=1S/C12H21N3OS/c1-11(2,9(13)16)15-10-14-7-12(8-17-10)5-3-4-6-12/h3-8H2,1-2H3,(H2,13,16)(H,14,15). The van der Waals surface area contributed by atoms with Crippen LogP contribution in [0.4, 0.5) is 0 Å². The predicted octanol–water partition coefficient (Wildman–Crippen LogP) is 1.50. The van der Waals surface area contributed by atoms with E-state index in [0.29, 0.717) is 5.41 Å². The number of amidine groups is 1. The molecule has 0 bridgehead atoms. The molecule has 0 aromatic rings. The summed E-state index contributed by atoms with van der Waals surface area (Å²) >= 11 is 1.73. The summed E-state index contributed by atoms with van der Waals surface area (Å²) in [7, 11) is 0. The minimum Gasteiger partial charge on any atom is -0.368 e. The summed E-state index contributed by atoms with van der Waals surface area (Å²) in [5.41, 5.74) is 5.06. The number of carbonyl (C=O) groups is 1. The number of nitrogens with zero attached hydrogens (tertiary/aromatic N) is 1. The van der Waals surface area contributed by atoms with Gasteiger partial charge in [0.25, 0.3) is 0 Å². The molecular weight excluding hydrogens is 234 g/mol. The Morgan fingerprint density at radius 2 is 2.12 bits per heavy atom. The van der Waals surface area contributed by atoms with E-state index in [2.05, 4.69) is 10.3 Å². The highest BCUT2D eigenvalue weighted by molar-refractivity contribution is 8.13. The van der Waals surface area contributed by atoms with Gasteiger partial charge < -0.3 is 11.1 Å².